The molecule has 2 aromatic rings. The molecule has 0 bridgehead atoms. The predicted molar refractivity (Wildman–Crippen MR) is 68.8 cm³/mol. The number of carbonyl (C=O) groups is 1. The molecule has 0 radical (unpaired) electrons. The fourth-order valence-electron chi connectivity index (χ4n) is 1.87. The molecule has 18 heavy (non-hydrogen) atoms. The van der Waals surface area contributed by atoms with Crippen LogP contribution in [0.15, 0.2) is 27.8 Å². The molecule has 6 heteroatoms. The molecule has 0 saturated carbocycles. The highest BCUT2D eigenvalue weighted by molar-refractivity contribution is 8.00. The number of esters is 1. The number of ether oxygens (including phenoxy) is 1. The van der Waals surface area contributed by atoms with Crippen LogP contribution in [0.4, 0.5) is 0 Å². The molecule has 94 valence electrons. The van der Waals surface area contributed by atoms with Gasteiger partial charge in [0, 0.05) is 11.4 Å². The molecule has 1 fully saturated rings. The molecule has 3 rings (SSSR count). The van der Waals surface area contributed by atoms with E-state index in [4.69, 9.17) is 20.8 Å². The molecular weight excluding hydrogens is 274 g/mol. The van der Waals surface area contributed by atoms with Crippen LogP contribution in [0.25, 0.3) is 11.1 Å². The standard InChI is InChI=1S/C12H10ClNO3S/c1-6-4-10(11(15)16-6)18-12-14-8-5-7(13)2-3-9(8)17-12/h2-3,5-6,10H,4H2,1H3. The Morgan fingerprint density at radius 1 is 1.50 bits per heavy atom. The van der Waals surface area contributed by atoms with E-state index in [2.05, 4.69) is 4.98 Å². The Kier molecular flexibility index (Phi) is 2.95. The van der Waals surface area contributed by atoms with Gasteiger partial charge in [0.15, 0.2) is 5.58 Å². The second-order valence-electron chi connectivity index (χ2n) is 4.18. The zero-order valence-corrected chi connectivity index (χ0v) is 11.1. The number of benzene rings is 1. The van der Waals surface area contributed by atoms with E-state index in [-0.39, 0.29) is 17.3 Å². The van der Waals surface area contributed by atoms with E-state index in [1.54, 1.807) is 18.2 Å². The summed E-state index contributed by atoms with van der Waals surface area (Å²) in [6.07, 6.45) is 0.650. The van der Waals surface area contributed by atoms with Gasteiger partial charge in [-0.25, -0.2) is 4.98 Å². The van der Waals surface area contributed by atoms with E-state index >= 15 is 0 Å². The lowest BCUT2D eigenvalue weighted by Crippen LogP contribution is -2.09. The molecule has 4 nitrogen and oxygen atoms in total. The third kappa shape index (κ3) is 2.20. The van der Waals surface area contributed by atoms with Crippen LogP contribution in [0.3, 0.4) is 0 Å². The third-order valence-corrected chi connectivity index (χ3v) is 3.98. The molecular formula is C12H10ClNO3S. The third-order valence-electron chi connectivity index (χ3n) is 2.70. The van der Waals surface area contributed by atoms with Crippen molar-refractivity contribution in [2.75, 3.05) is 0 Å². The zero-order chi connectivity index (χ0) is 12.7. The van der Waals surface area contributed by atoms with Crippen LogP contribution in [0.1, 0.15) is 13.3 Å². The number of oxazole rings is 1. The summed E-state index contributed by atoms with van der Waals surface area (Å²) in [4.78, 5) is 15.8. The summed E-state index contributed by atoms with van der Waals surface area (Å²) in [7, 11) is 0. The van der Waals surface area contributed by atoms with Crippen molar-refractivity contribution in [3.63, 3.8) is 0 Å². The van der Waals surface area contributed by atoms with Gasteiger partial charge >= 0.3 is 5.97 Å². The van der Waals surface area contributed by atoms with Gasteiger partial charge in [-0.05, 0) is 25.1 Å². The van der Waals surface area contributed by atoms with E-state index < -0.39 is 0 Å². The van der Waals surface area contributed by atoms with Crippen LogP contribution >= 0.6 is 23.4 Å². The van der Waals surface area contributed by atoms with Crippen molar-refractivity contribution in [1.29, 1.82) is 0 Å². The number of aromatic nitrogens is 1. The normalized spacial score (nSPS) is 23.6. The Morgan fingerprint density at radius 3 is 3.06 bits per heavy atom. The molecule has 1 aromatic carbocycles. The van der Waals surface area contributed by atoms with E-state index in [1.165, 1.54) is 11.8 Å². The van der Waals surface area contributed by atoms with Crippen molar-refractivity contribution in [2.45, 2.75) is 29.9 Å². The molecule has 1 aromatic heterocycles. The van der Waals surface area contributed by atoms with Crippen LogP contribution in [-0.2, 0) is 9.53 Å². The summed E-state index contributed by atoms with van der Waals surface area (Å²) in [5.41, 5.74) is 1.37. The first kappa shape index (κ1) is 11.9. The Balaban J connectivity index is 1.85. The minimum Gasteiger partial charge on any atom is -0.462 e. The lowest BCUT2D eigenvalue weighted by molar-refractivity contribution is -0.140. The van der Waals surface area contributed by atoms with Gasteiger partial charge in [-0.1, -0.05) is 23.4 Å². The lowest BCUT2D eigenvalue weighted by atomic mass is 10.3. The van der Waals surface area contributed by atoms with E-state index in [0.29, 0.717) is 27.8 Å². The zero-order valence-electron chi connectivity index (χ0n) is 9.55. The Hall–Kier alpha value is -1.20. The largest absolute Gasteiger partial charge is 0.462 e. The predicted octanol–water partition coefficient (Wildman–Crippen LogP) is 3.28. The number of cyclic esters (lactones) is 1. The van der Waals surface area contributed by atoms with Gasteiger partial charge < -0.3 is 9.15 Å². The molecule has 1 aliphatic rings. The highest BCUT2D eigenvalue weighted by Crippen LogP contribution is 2.33. The Bertz CT molecular complexity index is 612. The van der Waals surface area contributed by atoms with Crippen molar-refractivity contribution in [3.05, 3.63) is 23.2 Å². The molecule has 2 heterocycles. The maximum Gasteiger partial charge on any atom is 0.320 e. The minimum absolute atomic E-state index is 0.0335. The van der Waals surface area contributed by atoms with Gasteiger partial charge in [-0.2, -0.15) is 0 Å². The number of rotatable bonds is 2. The van der Waals surface area contributed by atoms with Crippen LogP contribution in [0, 0.1) is 0 Å². The summed E-state index contributed by atoms with van der Waals surface area (Å²) in [5.74, 6) is -0.201. The number of halogens is 1. The van der Waals surface area contributed by atoms with Crippen molar-refractivity contribution in [2.24, 2.45) is 0 Å². The smallest absolute Gasteiger partial charge is 0.320 e. The number of thioether (sulfide) groups is 1. The summed E-state index contributed by atoms with van der Waals surface area (Å²) >= 11 is 7.18. The summed E-state index contributed by atoms with van der Waals surface area (Å²) in [5, 5.41) is 0.855. The van der Waals surface area contributed by atoms with Crippen molar-refractivity contribution in [3.8, 4) is 0 Å². The summed E-state index contributed by atoms with van der Waals surface area (Å²) in [6.45, 7) is 1.88. The lowest BCUT2D eigenvalue weighted by Gasteiger charge is -1.99. The molecule has 0 aliphatic carbocycles. The first-order valence-corrected chi connectivity index (χ1v) is 6.81. The van der Waals surface area contributed by atoms with Gasteiger partial charge in [0.05, 0.1) is 0 Å². The van der Waals surface area contributed by atoms with Crippen molar-refractivity contribution >= 4 is 40.4 Å². The molecule has 0 spiro atoms. The number of nitrogens with zero attached hydrogens (tertiary/aromatic N) is 1. The monoisotopic (exact) mass is 283 g/mol. The summed E-state index contributed by atoms with van der Waals surface area (Å²) in [6, 6.07) is 5.25. The van der Waals surface area contributed by atoms with Gasteiger partial charge in [0.1, 0.15) is 16.9 Å². The second kappa shape index (κ2) is 4.48. The van der Waals surface area contributed by atoms with Crippen molar-refractivity contribution in [1.82, 2.24) is 4.98 Å². The highest BCUT2D eigenvalue weighted by Gasteiger charge is 2.34. The molecule has 1 aliphatic heterocycles. The fourth-order valence-corrected chi connectivity index (χ4v) is 3.09. The first-order valence-electron chi connectivity index (χ1n) is 5.55. The van der Waals surface area contributed by atoms with Crippen LogP contribution in [0.5, 0.6) is 0 Å². The van der Waals surface area contributed by atoms with Gasteiger partial charge in [0.2, 0.25) is 0 Å². The topological polar surface area (TPSA) is 52.3 Å². The van der Waals surface area contributed by atoms with Crippen LogP contribution < -0.4 is 0 Å². The van der Waals surface area contributed by atoms with E-state index in [1.807, 2.05) is 6.92 Å². The average molecular weight is 284 g/mol. The molecule has 0 amide bonds. The Morgan fingerprint density at radius 2 is 2.33 bits per heavy atom. The molecule has 2 atom stereocenters. The minimum atomic E-state index is -0.233. The quantitative estimate of drug-likeness (QED) is 0.792. The van der Waals surface area contributed by atoms with Gasteiger partial charge in [-0.3, -0.25) is 4.79 Å². The number of hydrogen-bond donors (Lipinski definition) is 0. The van der Waals surface area contributed by atoms with Gasteiger partial charge in [-0.15, -0.1) is 0 Å². The maximum atomic E-state index is 11.5. The maximum absolute atomic E-state index is 11.5. The second-order valence-corrected chi connectivity index (χ2v) is 5.77. The SMILES string of the molecule is CC1CC(Sc2nc3cc(Cl)ccc3o2)C(=O)O1. The van der Waals surface area contributed by atoms with E-state index in [0.717, 1.165) is 0 Å². The number of carbonyl (C=O) groups excluding carboxylic acids is 1. The molecule has 0 N–H and O–H groups in total. The van der Waals surface area contributed by atoms with Crippen molar-refractivity contribution < 1.29 is 13.9 Å². The average Bonchev–Trinajstić information content (AvgIpc) is 2.82. The number of fused-ring (bicyclic) bond motifs is 1. The highest BCUT2D eigenvalue weighted by atomic mass is 35.5. The molecule has 1 saturated heterocycles. The Labute approximate surface area is 113 Å². The fraction of sp³-hybridized carbons (Fsp3) is 0.333. The molecule has 2 unspecified atom stereocenters. The van der Waals surface area contributed by atoms with E-state index in [9.17, 15) is 4.79 Å². The van der Waals surface area contributed by atoms with Crippen LogP contribution in [-0.4, -0.2) is 22.3 Å². The van der Waals surface area contributed by atoms with Crippen LogP contribution in [0.2, 0.25) is 5.02 Å². The first-order chi connectivity index (χ1) is 8.61. The van der Waals surface area contributed by atoms with Gasteiger partial charge in [0.25, 0.3) is 5.22 Å². The number of hydrogen-bond acceptors (Lipinski definition) is 5. The summed E-state index contributed by atoms with van der Waals surface area (Å²) < 4.78 is 10.6.